The van der Waals surface area contributed by atoms with Crippen molar-refractivity contribution in [2.75, 3.05) is 31.5 Å². The molecule has 0 atom stereocenters. The van der Waals surface area contributed by atoms with Gasteiger partial charge in [-0.2, -0.15) is 0 Å². The first-order chi connectivity index (χ1) is 15.9. The third kappa shape index (κ3) is 5.73. The molecule has 0 aliphatic heterocycles. The normalized spacial score (nSPS) is 10.1. The van der Waals surface area contributed by atoms with Gasteiger partial charge in [-0.3, -0.25) is 9.59 Å². The molecule has 0 aliphatic carbocycles. The second-order valence-electron chi connectivity index (χ2n) is 6.49. The van der Waals surface area contributed by atoms with Crippen LogP contribution in [0.3, 0.4) is 0 Å². The number of aromatic nitrogens is 1. The van der Waals surface area contributed by atoms with E-state index in [1.54, 1.807) is 30.3 Å². The van der Waals surface area contributed by atoms with Crippen LogP contribution in [-0.2, 0) is 4.79 Å². The molecule has 11 heteroatoms. The Morgan fingerprint density at radius 3 is 2.18 bits per heavy atom. The molecule has 0 aliphatic rings. The Labute approximate surface area is 188 Å². The van der Waals surface area contributed by atoms with E-state index in [9.17, 15) is 19.7 Å². The van der Waals surface area contributed by atoms with Crippen LogP contribution in [0.4, 0.5) is 17.2 Å². The summed E-state index contributed by atoms with van der Waals surface area (Å²) in [6, 6.07) is 14.4. The van der Waals surface area contributed by atoms with Crippen LogP contribution in [0.1, 0.15) is 10.4 Å². The van der Waals surface area contributed by atoms with Crippen molar-refractivity contribution in [2.24, 2.45) is 0 Å². The zero-order valence-electron chi connectivity index (χ0n) is 17.7. The second-order valence-corrected chi connectivity index (χ2v) is 6.49. The lowest BCUT2D eigenvalue weighted by Crippen LogP contribution is -2.21. The topological polar surface area (TPSA) is 142 Å². The number of pyridine rings is 1. The van der Waals surface area contributed by atoms with Gasteiger partial charge in [-0.15, -0.1) is 0 Å². The number of hydrogen-bond donors (Lipinski definition) is 2. The maximum atomic E-state index is 12.5. The van der Waals surface area contributed by atoms with E-state index >= 15 is 0 Å². The molecule has 0 fully saturated rings. The Morgan fingerprint density at radius 1 is 0.939 bits per heavy atom. The molecule has 3 rings (SSSR count). The number of nitro groups is 1. The number of carbonyl (C=O) groups is 2. The van der Waals surface area contributed by atoms with Gasteiger partial charge in [0.2, 0.25) is 5.75 Å². The quantitative estimate of drug-likeness (QED) is 0.372. The van der Waals surface area contributed by atoms with E-state index in [2.05, 4.69) is 15.6 Å². The number of rotatable bonds is 9. The summed E-state index contributed by atoms with van der Waals surface area (Å²) in [7, 11) is 2.81. The lowest BCUT2D eigenvalue weighted by molar-refractivity contribution is -0.390. The number of nitrogens with zero attached hydrogens (tertiary/aromatic N) is 2. The molecule has 1 heterocycles. The molecular formula is C22H20N4O7. The third-order valence-electron chi connectivity index (χ3n) is 4.36. The summed E-state index contributed by atoms with van der Waals surface area (Å²) in [6.07, 6.45) is 1.25. The van der Waals surface area contributed by atoms with Gasteiger partial charge in [0.05, 0.1) is 25.6 Å². The number of hydrogen-bond acceptors (Lipinski definition) is 8. The number of ether oxygens (including phenoxy) is 3. The fourth-order valence-corrected chi connectivity index (χ4v) is 2.84. The lowest BCUT2D eigenvalue weighted by Gasteiger charge is -2.16. The fourth-order valence-electron chi connectivity index (χ4n) is 2.84. The van der Waals surface area contributed by atoms with E-state index in [-0.39, 0.29) is 28.8 Å². The first-order valence-electron chi connectivity index (χ1n) is 9.57. The van der Waals surface area contributed by atoms with Gasteiger partial charge in [-0.05, 0) is 34.2 Å². The molecule has 2 aromatic carbocycles. The van der Waals surface area contributed by atoms with Crippen LogP contribution in [0, 0.1) is 10.1 Å². The Balaban J connectivity index is 1.74. The van der Waals surface area contributed by atoms with Gasteiger partial charge in [0.15, 0.2) is 6.61 Å². The molecular weight excluding hydrogens is 432 g/mol. The fraction of sp³-hybridized carbons (Fsp3) is 0.136. The predicted octanol–water partition coefficient (Wildman–Crippen LogP) is 3.28. The molecule has 3 aromatic rings. The van der Waals surface area contributed by atoms with Crippen molar-refractivity contribution in [3.8, 4) is 17.2 Å². The van der Waals surface area contributed by atoms with Gasteiger partial charge in [-0.25, -0.2) is 0 Å². The molecule has 1 aromatic heterocycles. The Hall–Kier alpha value is -4.67. The first kappa shape index (κ1) is 23.0. The molecule has 11 nitrogen and oxygen atoms in total. The van der Waals surface area contributed by atoms with Crippen LogP contribution in [-0.4, -0.2) is 42.5 Å². The molecule has 0 unspecified atom stereocenters. The van der Waals surface area contributed by atoms with Crippen LogP contribution in [0.5, 0.6) is 17.2 Å². The van der Waals surface area contributed by atoms with E-state index in [4.69, 9.17) is 14.2 Å². The van der Waals surface area contributed by atoms with E-state index in [0.29, 0.717) is 11.3 Å². The molecule has 0 radical (unpaired) electrons. The van der Waals surface area contributed by atoms with Gasteiger partial charge in [-0.1, -0.05) is 18.2 Å². The van der Waals surface area contributed by atoms with Gasteiger partial charge >= 0.3 is 5.82 Å². The standard InChI is InChI=1S/C22H20N4O7/c1-31-18-12-16(25-22(28)14-7-4-3-5-8-14)19(32-2)11-15(18)24-20(27)13-33-17-9-6-10-23-21(17)26(29)30/h3-12H,13H2,1-2H3,(H,24,27)(H,25,28). The SMILES string of the molecule is COc1cc(NC(=O)c2ccccc2)c(OC)cc1NC(=O)COc1cccnc1[N+](=O)[O-]. The van der Waals surface area contributed by atoms with Gasteiger partial charge in [0.1, 0.15) is 17.7 Å². The first-order valence-corrected chi connectivity index (χ1v) is 9.57. The van der Waals surface area contributed by atoms with Crippen LogP contribution >= 0.6 is 0 Å². The minimum absolute atomic E-state index is 0.138. The van der Waals surface area contributed by atoms with Gasteiger partial charge < -0.3 is 35.0 Å². The highest BCUT2D eigenvalue weighted by Gasteiger charge is 2.19. The van der Waals surface area contributed by atoms with Crippen molar-refractivity contribution in [2.45, 2.75) is 0 Å². The lowest BCUT2D eigenvalue weighted by atomic mass is 10.2. The van der Waals surface area contributed by atoms with E-state index in [1.165, 1.54) is 44.7 Å². The van der Waals surface area contributed by atoms with Crippen molar-refractivity contribution >= 4 is 29.0 Å². The second kappa shape index (κ2) is 10.6. The van der Waals surface area contributed by atoms with Gasteiger partial charge in [0.25, 0.3) is 11.8 Å². The smallest absolute Gasteiger partial charge is 0.406 e. The molecule has 0 spiro atoms. The minimum Gasteiger partial charge on any atom is -0.494 e. The van der Waals surface area contributed by atoms with Crippen LogP contribution in [0.2, 0.25) is 0 Å². The van der Waals surface area contributed by atoms with Crippen LogP contribution < -0.4 is 24.8 Å². The highest BCUT2D eigenvalue weighted by atomic mass is 16.6. The predicted molar refractivity (Wildman–Crippen MR) is 119 cm³/mol. The molecule has 33 heavy (non-hydrogen) atoms. The number of amides is 2. The highest BCUT2D eigenvalue weighted by Crippen LogP contribution is 2.36. The molecule has 0 saturated carbocycles. The number of benzene rings is 2. The molecule has 170 valence electrons. The molecule has 0 bridgehead atoms. The zero-order valence-corrected chi connectivity index (χ0v) is 17.7. The van der Waals surface area contributed by atoms with Crippen molar-refractivity contribution in [1.82, 2.24) is 4.98 Å². The maximum absolute atomic E-state index is 12.5. The average Bonchev–Trinajstić information content (AvgIpc) is 2.83. The van der Waals surface area contributed by atoms with Crippen LogP contribution in [0.15, 0.2) is 60.8 Å². The highest BCUT2D eigenvalue weighted by molar-refractivity contribution is 6.05. The number of anilines is 2. The Bertz CT molecular complexity index is 1170. The third-order valence-corrected chi connectivity index (χ3v) is 4.36. The Morgan fingerprint density at radius 2 is 1.58 bits per heavy atom. The maximum Gasteiger partial charge on any atom is 0.406 e. The van der Waals surface area contributed by atoms with E-state index in [1.807, 2.05) is 0 Å². The summed E-state index contributed by atoms with van der Waals surface area (Å²) in [5.41, 5.74) is 1.04. The van der Waals surface area contributed by atoms with Crippen molar-refractivity contribution in [1.29, 1.82) is 0 Å². The zero-order chi connectivity index (χ0) is 23.8. The summed E-state index contributed by atoms with van der Waals surface area (Å²) >= 11 is 0. The largest absolute Gasteiger partial charge is 0.494 e. The summed E-state index contributed by atoms with van der Waals surface area (Å²) in [5, 5.41) is 16.4. The number of nitrogens with one attached hydrogen (secondary N) is 2. The number of methoxy groups -OCH3 is 2. The summed E-state index contributed by atoms with van der Waals surface area (Å²) in [6.45, 7) is -0.509. The molecule has 0 saturated heterocycles. The summed E-state index contributed by atoms with van der Waals surface area (Å²) in [4.78, 5) is 38.8. The minimum atomic E-state index is -0.705. The number of carbonyl (C=O) groups excluding carboxylic acids is 2. The van der Waals surface area contributed by atoms with E-state index < -0.39 is 23.3 Å². The summed E-state index contributed by atoms with van der Waals surface area (Å²) < 4.78 is 15.9. The van der Waals surface area contributed by atoms with Crippen molar-refractivity contribution in [3.05, 3.63) is 76.5 Å². The van der Waals surface area contributed by atoms with Crippen molar-refractivity contribution < 1.29 is 28.7 Å². The van der Waals surface area contributed by atoms with Gasteiger partial charge in [0, 0.05) is 17.7 Å². The monoisotopic (exact) mass is 452 g/mol. The van der Waals surface area contributed by atoms with Crippen LogP contribution in [0.25, 0.3) is 0 Å². The van der Waals surface area contributed by atoms with E-state index in [0.717, 1.165) is 0 Å². The molecule has 2 amide bonds. The summed E-state index contributed by atoms with van der Waals surface area (Å²) in [5.74, 6) is -1.06. The average molecular weight is 452 g/mol. The van der Waals surface area contributed by atoms with Crippen molar-refractivity contribution in [3.63, 3.8) is 0 Å². The molecule has 2 N–H and O–H groups in total. The Kier molecular flexibility index (Phi) is 7.37.